The van der Waals surface area contributed by atoms with Crippen molar-refractivity contribution >= 4 is 17.4 Å². The number of rotatable bonds is 9. The molecule has 1 unspecified atom stereocenters. The molecule has 8 heteroatoms. The average molecular weight is 441 g/mol. The van der Waals surface area contributed by atoms with Gasteiger partial charge in [0.2, 0.25) is 0 Å². The van der Waals surface area contributed by atoms with Crippen molar-refractivity contribution in [1.82, 2.24) is 4.90 Å². The molecule has 0 aromatic heterocycles. The van der Waals surface area contributed by atoms with E-state index in [0.717, 1.165) is 0 Å². The maximum absolute atomic E-state index is 13.0. The summed E-state index contributed by atoms with van der Waals surface area (Å²) in [4.78, 5) is 27.2. The van der Waals surface area contributed by atoms with E-state index in [0.29, 0.717) is 35.0 Å². The van der Waals surface area contributed by atoms with E-state index in [1.165, 1.54) is 26.2 Å². The number of nitrogens with zero attached hydrogens (tertiary/aromatic N) is 1. The fourth-order valence-electron chi connectivity index (χ4n) is 3.70. The molecular weight excluding hydrogens is 414 g/mol. The summed E-state index contributed by atoms with van der Waals surface area (Å²) >= 11 is 0. The molecule has 1 atom stereocenters. The van der Waals surface area contributed by atoms with Crippen LogP contribution in [0.15, 0.2) is 48.0 Å². The lowest BCUT2D eigenvalue weighted by molar-refractivity contribution is -0.140. The SMILES string of the molecule is CCOc1ccc(C(O)=C2C(=O)C(=O)N(CCOC)C2c2ccc(OC)c(OC)c2)cc1. The minimum atomic E-state index is -0.809. The van der Waals surface area contributed by atoms with Crippen LogP contribution in [0.4, 0.5) is 0 Å². The topological polar surface area (TPSA) is 94.5 Å². The number of aliphatic hydroxyl groups is 1. The third-order valence-corrected chi connectivity index (χ3v) is 5.24. The summed E-state index contributed by atoms with van der Waals surface area (Å²) in [5.41, 5.74) is 1.01. The number of ether oxygens (including phenoxy) is 4. The lowest BCUT2D eigenvalue weighted by Gasteiger charge is -2.25. The smallest absolute Gasteiger partial charge is 0.295 e. The van der Waals surface area contributed by atoms with Crippen LogP contribution in [0.1, 0.15) is 24.1 Å². The molecule has 0 bridgehead atoms. The van der Waals surface area contributed by atoms with Gasteiger partial charge in [-0.3, -0.25) is 9.59 Å². The molecule has 1 saturated heterocycles. The Kier molecular flexibility index (Phi) is 7.37. The molecule has 0 spiro atoms. The van der Waals surface area contributed by atoms with Crippen molar-refractivity contribution in [2.75, 3.05) is 41.1 Å². The van der Waals surface area contributed by atoms with Crippen LogP contribution >= 0.6 is 0 Å². The normalized spacial score (nSPS) is 17.5. The van der Waals surface area contributed by atoms with Gasteiger partial charge in [0.1, 0.15) is 11.5 Å². The number of carbonyl (C=O) groups excluding carboxylic acids is 2. The molecule has 0 radical (unpaired) electrons. The summed E-state index contributed by atoms with van der Waals surface area (Å²) in [7, 11) is 4.54. The number of Topliss-reactive ketones (excluding diaryl/α,β-unsaturated/α-hetero) is 1. The molecule has 1 aliphatic heterocycles. The minimum absolute atomic E-state index is 0.00230. The van der Waals surface area contributed by atoms with Crippen LogP contribution in [0.2, 0.25) is 0 Å². The maximum Gasteiger partial charge on any atom is 0.295 e. The van der Waals surface area contributed by atoms with Crippen LogP contribution in [0.5, 0.6) is 17.2 Å². The molecule has 1 heterocycles. The van der Waals surface area contributed by atoms with Crippen LogP contribution in [-0.4, -0.2) is 62.8 Å². The van der Waals surface area contributed by atoms with Crippen LogP contribution in [-0.2, 0) is 14.3 Å². The summed E-state index contributed by atoms with van der Waals surface area (Å²) < 4.78 is 21.3. The monoisotopic (exact) mass is 441 g/mol. The molecule has 0 aliphatic carbocycles. The van der Waals surface area contributed by atoms with Crippen LogP contribution < -0.4 is 14.2 Å². The van der Waals surface area contributed by atoms with Gasteiger partial charge in [-0.25, -0.2) is 0 Å². The van der Waals surface area contributed by atoms with E-state index >= 15 is 0 Å². The highest BCUT2D eigenvalue weighted by molar-refractivity contribution is 6.46. The van der Waals surface area contributed by atoms with Gasteiger partial charge in [-0.1, -0.05) is 6.07 Å². The van der Waals surface area contributed by atoms with Gasteiger partial charge >= 0.3 is 0 Å². The first kappa shape index (κ1) is 23.1. The Morgan fingerprint density at radius 2 is 1.69 bits per heavy atom. The number of hydrogen-bond acceptors (Lipinski definition) is 7. The Morgan fingerprint density at radius 3 is 2.28 bits per heavy atom. The van der Waals surface area contributed by atoms with E-state index in [4.69, 9.17) is 18.9 Å². The van der Waals surface area contributed by atoms with Crippen LogP contribution in [0.3, 0.4) is 0 Å². The van der Waals surface area contributed by atoms with Gasteiger partial charge in [0, 0.05) is 19.2 Å². The summed E-state index contributed by atoms with van der Waals surface area (Å²) in [5, 5.41) is 11.1. The van der Waals surface area contributed by atoms with Crippen molar-refractivity contribution in [3.8, 4) is 17.2 Å². The van der Waals surface area contributed by atoms with Crippen molar-refractivity contribution < 1.29 is 33.6 Å². The van der Waals surface area contributed by atoms with E-state index in [1.54, 1.807) is 42.5 Å². The Morgan fingerprint density at radius 1 is 1.00 bits per heavy atom. The van der Waals surface area contributed by atoms with E-state index in [1.807, 2.05) is 6.92 Å². The van der Waals surface area contributed by atoms with Crippen molar-refractivity contribution in [3.63, 3.8) is 0 Å². The van der Waals surface area contributed by atoms with Crippen molar-refractivity contribution in [1.29, 1.82) is 0 Å². The summed E-state index contributed by atoms with van der Waals surface area (Å²) in [6.07, 6.45) is 0. The minimum Gasteiger partial charge on any atom is -0.507 e. The second-order valence-electron chi connectivity index (χ2n) is 7.06. The Hall–Kier alpha value is -3.52. The lowest BCUT2D eigenvalue weighted by Crippen LogP contribution is -2.32. The first-order valence-electron chi connectivity index (χ1n) is 10.2. The number of benzene rings is 2. The summed E-state index contributed by atoms with van der Waals surface area (Å²) in [6.45, 7) is 2.80. The van der Waals surface area contributed by atoms with Gasteiger partial charge in [-0.05, 0) is 48.9 Å². The molecule has 1 fully saturated rings. The summed E-state index contributed by atoms with van der Waals surface area (Å²) in [6, 6.07) is 11.0. The van der Waals surface area contributed by atoms with Gasteiger partial charge in [0.05, 0.1) is 39.0 Å². The number of likely N-dealkylation sites (tertiary alicyclic amines) is 1. The number of ketones is 1. The fourth-order valence-corrected chi connectivity index (χ4v) is 3.70. The van der Waals surface area contributed by atoms with Crippen LogP contribution in [0, 0.1) is 0 Å². The quantitative estimate of drug-likeness (QED) is 0.363. The van der Waals surface area contributed by atoms with Gasteiger partial charge in [0.25, 0.3) is 11.7 Å². The molecule has 8 nitrogen and oxygen atoms in total. The van der Waals surface area contributed by atoms with E-state index in [2.05, 4.69) is 0 Å². The number of carbonyl (C=O) groups is 2. The first-order chi connectivity index (χ1) is 15.5. The fraction of sp³-hybridized carbons (Fsp3) is 0.333. The third kappa shape index (κ3) is 4.40. The molecule has 1 N–H and O–H groups in total. The molecule has 1 amide bonds. The van der Waals surface area contributed by atoms with Crippen molar-refractivity contribution in [2.45, 2.75) is 13.0 Å². The molecule has 0 saturated carbocycles. The second-order valence-corrected chi connectivity index (χ2v) is 7.06. The van der Waals surface area contributed by atoms with Gasteiger partial charge < -0.3 is 29.0 Å². The molecule has 2 aromatic rings. The third-order valence-electron chi connectivity index (χ3n) is 5.24. The lowest BCUT2D eigenvalue weighted by atomic mass is 9.95. The number of methoxy groups -OCH3 is 3. The average Bonchev–Trinajstić information content (AvgIpc) is 3.07. The number of aliphatic hydroxyl groups excluding tert-OH is 1. The summed E-state index contributed by atoms with van der Waals surface area (Å²) in [5.74, 6) is -0.117. The second kappa shape index (κ2) is 10.2. The largest absolute Gasteiger partial charge is 0.507 e. The number of hydrogen-bond donors (Lipinski definition) is 1. The molecule has 2 aromatic carbocycles. The van der Waals surface area contributed by atoms with Crippen molar-refractivity contribution in [2.24, 2.45) is 0 Å². The highest BCUT2D eigenvalue weighted by Crippen LogP contribution is 2.41. The maximum atomic E-state index is 13.0. The zero-order valence-corrected chi connectivity index (χ0v) is 18.6. The Balaban J connectivity index is 2.14. The molecule has 170 valence electrons. The van der Waals surface area contributed by atoms with Gasteiger partial charge in [-0.15, -0.1) is 0 Å². The van der Waals surface area contributed by atoms with E-state index < -0.39 is 17.7 Å². The van der Waals surface area contributed by atoms with Crippen LogP contribution in [0.25, 0.3) is 5.76 Å². The predicted molar refractivity (Wildman–Crippen MR) is 118 cm³/mol. The van der Waals surface area contributed by atoms with Crippen molar-refractivity contribution in [3.05, 3.63) is 59.2 Å². The highest BCUT2D eigenvalue weighted by Gasteiger charge is 2.46. The Bertz CT molecular complexity index is 1010. The van der Waals surface area contributed by atoms with Gasteiger partial charge in [-0.2, -0.15) is 0 Å². The first-order valence-corrected chi connectivity index (χ1v) is 10.2. The zero-order valence-electron chi connectivity index (χ0n) is 18.6. The molecule has 32 heavy (non-hydrogen) atoms. The zero-order chi connectivity index (χ0) is 23.3. The van der Waals surface area contributed by atoms with E-state index in [-0.39, 0.29) is 24.5 Å². The Labute approximate surface area is 187 Å². The standard InChI is InChI=1S/C24H27NO7/c1-5-32-17-9-6-15(7-10-17)22(26)20-21(25(12-13-29-2)24(28)23(20)27)16-8-11-18(30-3)19(14-16)31-4/h6-11,14,21,26H,5,12-13H2,1-4H3. The highest BCUT2D eigenvalue weighted by atomic mass is 16.5. The molecular formula is C24H27NO7. The predicted octanol–water partition coefficient (Wildman–Crippen LogP) is 3.17. The van der Waals surface area contributed by atoms with Gasteiger partial charge in [0.15, 0.2) is 11.5 Å². The van der Waals surface area contributed by atoms with E-state index in [9.17, 15) is 14.7 Å². The number of amides is 1. The molecule has 1 aliphatic rings. The molecule has 3 rings (SSSR count).